The zero-order chi connectivity index (χ0) is 14.4. The van der Waals surface area contributed by atoms with Crippen molar-refractivity contribution in [1.82, 2.24) is 0 Å². The van der Waals surface area contributed by atoms with E-state index in [9.17, 15) is 0 Å². The second-order valence-electron chi connectivity index (χ2n) is 4.54. The van der Waals surface area contributed by atoms with E-state index in [1.54, 1.807) is 19.2 Å². The van der Waals surface area contributed by atoms with Crippen LogP contribution < -0.4 is 15.2 Å². The maximum atomic E-state index is 6.10. The molecule has 0 fully saturated rings. The van der Waals surface area contributed by atoms with E-state index >= 15 is 0 Å². The van der Waals surface area contributed by atoms with Crippen molar-refractivity contribution in [2.24, 2.45) is 5.73 Å². The number of hydrogen-bond acceptors (Lipinski definition) is 3. The molecule has 0 aliphatic rings. The van der Waals surface area contributed by atoms with Crippen molar-refractivity contribution >= 4 is 11.6 Å². The second-order valence-corrected chi connectivity index (χ2v) is 4.98. The van der Waals surface area contributed by atoms with Crippen LogP contribution in [0.5, 0.6) is 11.5 Å². The quantitative estimate of drug-likeness (QED) is 0.888. The molecule has 0 aromatic heterocycles. The first kappa shape index (κ1) is 14.7. The Morgan fingerprint density at radius 3 is 2.50 bits per heavy atom. The Labute approximate surface area is 124 Å². The second kappa shape index (κ2) is 7.17. The Kier molecular flexibility index (Phi) is 5.27. The van der Waals surface area contributed by atoms with E-state index in [1.807, 2.05) is 36.4 Å². The van der Waals surface area contributed by atoms with E-state index in [0.29, 0.717) is 18.1 Å². The van der Waals surface area contributed by atoms with Crippen molar-refractivity contribution in [2.45, 2.75) is 12.5 Å². The molecule has 2 aromatic carbocycles. The van der Waals surface area contributed by atoms with Gasteiger partial charge in [0.25, 0.3) is 0 Å². The largest absolute Gasteiger partial charge is 0.496 e. The molecule has 20 heavy (non-hydrogen) atoms. The van der Waals surface area contributed by atoms with E-state index in [-0.39, 0.29) is 6.04 Å². The molecule has 2 N–H and O–H groups in total. The molecule has 0 radical (unpaired) electrons. The molecule has 0 bridgehead atoms. The van der Waals surface area contributed by atoms with Crippen LogP contribution in [0.25, 0.3) is 0 Å². The molecule has 4 heteroatoms. The monoisotopic (exact) mass is 291 g/mol. The molecule has 2 rings (SSSR count). The Hall–Kier alpha value is -1.71. The van der Waals surface area contributed by atoms with Crippen LogP contribution in [0.4, 0.5) is 0 Å². The predicted octanol–water partition coefficient (Wildman–Crippen LogP) is 3.30. The van der Waals surface area contributed by atoms with Gasteiger partial charge in [-0.05, 0) is 42.3 Å². The summed E-state index contributed by atoms with van der Waals surface area (Å²) in [5, 5.41) is 0.690. The molecule has 0 heterocycles. The first-order chi connectivity index (χ1) is 9.69. The number of rotatable bonds is 6. The molecule has 1 atom stereocenters. The maximum absolute atomic E-state index is 6.10. The Morgan fingerprint density at radius 1 is 1.10 bits per heavy atom. The van der Waals surface area contributed by atoms with Crippen LogP contribution in [0, 0.1) is 0 Å². The molecule has 3 nitrogen and oxygen atoms in total. The summed E-state index contributed by atoms with van der Waals surface area (Å²) in [5.74, 6) is 1.62. The highest BCUT2D eigenvalue weighted by molar-refractivity contribution is 6.30. The normalized spacial score (nSPS) is 11.9. The summed E-state index contributed by atoms with van der Waals surface area (Å²) in [6, 6.07) is 15.0. The van der Waals surface area contributed by atoms with Crippen LogP contribution >= 0.6 is 11.6 Å². The molecular weight excluding hydrogens is 274 g/mol. The number of hydrogen-bond donors (Lipinski definition) is 1. The highest BCUT2D eigenvalue weighted by atomic mass is 35.5. The van der Waals surface area contributed by atoms with Gasteiger partial charge in [-0.3, -0.25) is 0 Å². The van der Waals surface area contributed by atoms with Crippen molar-refractivity contribution in [3.63, 3.8) is 0 Å². The van der Waals surface area contributed by atoms with E-state index in [1.165, 1.54) is 0 Å². The fraction of sp³-hybridized carbons (Fsp3) is 0.250. The number of benzene rings is 2. The first-order valence-electron chi connectivity index (χ1n) is 6.45. The van der Waals surface area contributed by atoms with Gasteiger partial charge in [0.2, 0.25) is 0 Å². The highest BCUT2D eigenvalue weighted by Crippen LogP contribution is 2.19. The molecule has 0 amide bonds. The van der Waals surface area contributed by atoms with E-state index < -0.39 is 0 Å². The van der Waals surface area contributed by atoms with Gasteiger partial charge in [-0.1, -0.05) is 29.8 Å². The van der Waals surface area contributed by atoms with Gasteiger partial charge in [0.1, 0.15) is 18.1 Å². The van der Waals surface area contributed by atoms with Crippen LogP contribution in [0.1, 0.15) is 5.56 Å². The van der Waals surface area contributed by atoms with Crippen LogP contribution in [-0.2, 0) is 6.42 Å². The molecule has 0 saturated carbocycles. The van der Waals surface area contributed by atoms with Crippen LogP contribution in [0.3, 0.4) is 0 Å². The van der Waals surface area contributed by atoms with Crippen LogP contribution in [-0.4, -0.2) is 19.8 Å². The number of nitrogens with two attached hydrogens (primary N) is 1. The lowest BCUT2D eigenvalue weighted by Gasteiger charge is -2.15. The summed E-state index contributed by atoms with van der Waals surface area (Å²) in [6.45, 7) is 0.444. The summed E-state index contributed by atoms with van der Waals surface area (Å²) < 4.78 is 11.0. The minimum Gasteiger partial charge on any atom is -0.496 e. The summed E-state index contributed by atoms with van der Waals surface area (Å²) >= 11 is 5.82. The number of methoxy groups -OCH3 is 1. The average molecular weight is 292 g/mol. The third-order valence-electron chi connectivity index (χ3n) is 2.95. The van der Waals surface area contributed by atoms with Gasteiger partial charge in [-0.15, -0.1) is 0 Å². The fourth-order valence-corrected chi connectivity index (χ4v) is 2.07. The molecule has 2 aromatic rings. The minimum absolute atomic E-state index is 0.0954. The van der Waals surface area contributed by atoms with Crippen LogP contribution in [0.2, 0.25) is 5.02 Å². The van der Waals surface area contributed by atoms with E-state index in [4.69, 9.17) is 26.8 Å². The lowest BCUT2D eigenvalue weighted by Crippen LogP contribution is -2.30. The van der Waals surface area contributed by atoms with Gasteiger partial charge < -0.3 is 15.2 Å². The van der Waals surface area contributed by atoms with Gasteiger partial charge in [0.05, 0.1) is 7.11 Å². The van der Waals surface area contributed by atoms with Crippen molar-refractivity contribution < 1.29 is 9.47 Å². The summed E-state index contributed by atoms with van der Waals surface area (Å²) in [4.78, 5) is 0. The topological polar surface area (TPSA) is 44.5 Å². The Morgan fingerprint density at radius 2 is 1.80 bits per heavy atom. The Bertz CT molecular complexity index is 542. The van der Waals surface area contributed by atoms with Gasteiger partial charge in [-0.25, -0.2) is 0 Å². The lowest BCUT2D eigenvalue weighted by atomic mass is 10.1. The maximum Gasteiger partial charge on any atom is 0.122 e. The molecule has 0 aliphatic heterocycles. The third-order valence-corrected chi connectivity index (χ3v) is 3.20. The standard InChI is InChI=1S/C16H18ClNO2/c1-19-16-5-3-2-4-12(16)10-14(18)11-20-15-8-6-13(17)7-9-15/h2-9,14H,10-11,18H2,1H3. The molecule has 106 valence electrons. The highest BCUT2D eigenvalue weighted by Gasteiger charge is 2.09. The average Bonchev–Trinajstić information content (AvgIpc) is 2.47. The lowest BCUT2D eigenvalue weighted by molar-refractivity contribution is 0.286. The van der Waals surface area contributed by atoms with Crippen molar-refractivity contribution in [3.8, 4) is 11.5 Å². The van der Waals surface area contributed by atoms with E-state index in [0.717, 1.165) is 17.1 Å². The zero-order valence-corrected chi connectivity index (χ0v) is 12.1. The van der Waals surface area contributed by atoms with Crippen molar-refractivity contribution in [3.05, 3.63) is 59.1 Å². The summed E-state index contributed by atoms with van der Waals surface area (Å²) in [5.41, 5.74) is 7.19. The third kappa shape index (κ3) is 4.15. The van der Waals surface area contributed by atoms with Crippen LogP contribution in [0.15, 0.2) is 48.5 Å². The SMILES string of the molecule is COc1ccccc1CC(N)COc1ccc(Cl)cc1. The molecule has 0 spiro atoms. The number of halogens is 1. The smallest absolute Gasteiger partial charge is 0.122 e. The number of ether oxygens (including phenoxy) is 2. The molecule has 0 aliphatic carbocycles. The molecule has 0 saturated heterocycles. The van der Waals surface area contributed by atoms with Gasteiger partial charge in [0, 0.05) is 11.1 Å². The van der Waals surface area contributed by atoms with Gasteiger partial charge in [0.15, 0.2) is 0 Å². The van der Waals surface area contributed by atoms with Gasteiger partial charge >= 0.3 is 0 Å². The first-order valence-corrected chi connectivity index (χ1v) is 6.82. The van der Waals surface area contributed by atoms with E-state index in [2.05, 4.69) is 0 Å². The summed E-state index contributed by atoms with van der Waals surface area (Å²) in [7, 11) is 1.66. The van der Waals surface area contributed by atoms with Gasteiger partial charge in [-0.2, -0.15) is 0 Å². The summed E-state index contributed by atoms with van der Waals surface area (Å²) in [6.07, 6.45) is 0.706. The zero-order valence-electron chi connectivity index (χ0n) is 11.4. The Balaban J connectivity index is 1.89. The molecular formula is C16H18ClNO2. The molecule has 1 unspecified atom stereocenters. The minimum atomic E-state index is -0.0954. The number of para-hydroxylation sites is 1. The van der Waals surface area contributed by atoms with Crippen molar-refractivity contribution in [2.75, 3.05) is 13.7 Å². The fourth-order valence-electron chi connectivity index (χ4n) is 1.95. The van der Waals surface area contributed by atoms with Crippen molar-refractivity contribution in [1.29, 1.82) is 0 Å². The predicted molar refractivity (Wildman–Crippen MR) is 81.6 cm³/mol.